The second-order valence-corrected chi connectivity index (χ2v) is 7.28. The fourth-order valence-corrected chi connectivity index (χ4v) is 3.78. The zero-order chi connectivity index (χ0) is 19.1. The molecule has 0 saturated carbocycles. The van der Waals surface area contributed by atoms with Crippen LogP contribution >= 0.6 is 0 Å². The van der Waals surface area contributed by atoms with Crippen LogP contribution in [0.25, 0.3) is 23.0 Å². The fourth-order valence-electron chi connectivity index (χ4n) is 3.78. The number of aryl methyl sites for hydroxylation is 2. The molecule has 1 unspecified atom stereocenters. The Morgan fingerprint density at radius 2 is 2.04 bits per heavy atom. The largest absolute Gasteiger partial charge is 0.378 e. The Balaban J connectivity index is 1.47. The van der Waals surface area contributed by atoms with Crippen molar-refractivity contribution in [1.29, 1.82) is 0 Å². The molecule has 5 rings (SSSR count). The first-order chi connectivity index (χ1) is 13.7. The first-order valence-corrected chi connectivity index (χ1v) is 9.58. The minimum atomic E-state index is 0.0847. The molecule has 1 aliphatic carbocycles. The van der Waals surface area contributed by atoms with E-state index in [2.05, 4.69) is 37.1 Å². The highest BCUT2D eigenvalue weighted by molar-refractivity contribution is 5.62. The van der Waals surface area contributed by atoms with Gasteiger partial charge in [0, 0.05) is 30.9 Å². The van der Waals surface area contributed by atoms with Crippen LogP contribution in [0.5, 0.6) is 0 Å². The third-order valence-electron chi connectivity index (χ3n) is 5.41. The summed E-state index contributed by atoms with van der Waals surface area (Å²) in [7, 11) is 0. The molecule has 3 heterocycles. The molecule has 3 aromatic rings. The normalized spacial score (nSPS) is 19.1. The van der Waals surface area contributed by atoms with Crippen LogP contribution in [0.15, 0.2) is 28.9 Å². The van der Waals surface area contributed by atoms with Gasteiger partial charge in [-0.25, -0.2) is 9.97 Å². The minimum Gasteiger partial charge on any atom is -0.378 e. The van der Waals surface area contributed by atoms with Gasteiger partial charge in [-0.3, -0.25) is 0 Å². The molecule has 0 radical (unpaired) electrons. The number of fused-ring (bicyclic) bond motifs is 1. The number of aromatic nitrogens is 4. The van der Waals surface area contributed by atoms with Crippen LogP contribution in [-0.2, 0) is 11.2 Å². The summed E-state index contributed by atoms with van der Waals surface area (Å²) >= 11 is 0. The average Bonchev–Trinajstić information content (AvgIpc) is 3.36. The molecule has 1 saturated heterocycles. The van der Waals surface area contributed by atoms with E-state index in [0.717, 1.165) is 37.1 Å². The van der Waals surface area contributed by atoms with Gasteiger partial charge in [-0.05, 0) is 42.5 Å². The number of nitrogens with two attached hydrogens (primary N) is 1. The van der Waals surface area contributed by atoms with E-state index in [-0.39, 0.29) is 6.04 Å². The lowest BCUT2D eigenvalue weighted by molar-refractivity contribution is 0.122. The van der Waals surface area contributed by atoms with Gasteiger partial charge in [0.25, 0.3) is 5.89 Å². The summed E-state index contributed by atoms with van der Waals surface area (Å²) in [4.78, 5) is 15.8. The van der Waals surface area contributed by atoms with Crippen molar-refractivity contribution in [3.8, 4) is 23.0 Å². The Hall–Kier alpha value is -2.84. The topological polar surface area (TPSA) is 103 Å². The van der Waals surface area contributed by atoms with Crippen molar-refractivity contribution >= 4 is 5.95 Å². The van der Waals surface area contributed by atoms with Crippen molar-refractivity contribution in [2.75, 3.05) is 31.2 Å². The summed E-state index contributed by atoms with van der Waals surface area (Å²) in [6.45, 7) is 4.84. The Morgan fingerprint density at radius 1 is 1.18 bits per heavy atom. The number of nitrogens with zero attached hydrogens (tertiary/aromatic N) is 5. The molecule has 1 aromatic carbocycles. The maximum absolute atomic E-state index is 6.20. The van der Waals surface area contributed by atoms with Crippen molar-refractivity contribution < 1.29 is 9.26 Å². The first kappa shape index (κ1) is 17.3. The maximum atomic E-state index is 6.20. The van der Waals surface area contributed by atoms with Crippen molar-refractivity contribution in [3.05, 3.63) is 41.1 Å². The van der Waals surface area contributed by atoms with Gasteiger partial charge in [-0.2, -0.15) is 4.98 Å². The van der Waals surface area contributed by atoms with Crippen LogP contribution in [0.1, 0.15) is 29.2 Å². The number of rotatable bonds is 3. The molecule has 144 valence electrons. The predicted molar refractivity (Wildman–Crippen MR) is 104 cm³/mol. The molecule has 28 heavy (non-hydrogen) atoms. The maximum Gasteiger partial charge on any atom is 0.277 e. The summed E-state index contributed by atoms with van der Waals surface area (Å²) in [5.41, 5.74) is 11.1. The van der Waals surface area contributed by atoms with E-state index in [1.807, 2.05) is 13.0 Å². The highest BCUT2D eigenvalue weighted by atomic mass is 16.5. The Labute approximate surface area is 162 Å². The quantitative estimate of drug-likeness (QED) is 0.740. The van der Waals surface area contributed by atoms with Gasteiger partial charge < -0.3 is 19.9 Å². The van der Waals surface area contributed by atoms with E-state index >= 15 is 0 Å². The van der Waals surface area contributed by atoms with Gasteiger partial charge in [0.15, 0.2) is 0 Å². The molecule has 1 fully saturated rings. The smallest absolute Gasteiger partial charge is 0.277 e. The molecule has 0 spiro atoms. The van der Waals surface area contributed by atoms with E-state index in [1.165, 1.54) is 11.1 Å². The van der Waals surface area contributed by atoms with Crippen LogP contribution in [0.4, 0.5) is 5.95 Å². The molecule has 1 atom stereocenters. The minimum absolute atomic E-state index is 0.0847. The number of hydrogen-bond donors (Lipinski definition) is 1. The molecular formula is C20H22N6O2. The summed E-state index contributed by atoms with van der Waals surface area (Å²) in [6.07, 6.45) is 3.81. The SMILES string of the molecule is Cc1cnc(N2CCOCC2)nc1-c1nc(-c2ccc3c(c2)C(N)CC3)no1. The van der Waals surface area contributed by atoms with Crippen LogP contribution in [-0.4, -0.2) is 46.4 Å². The van der Waals surface area contributed by atoms with Crippen molar-refractivity contribution in [1.82, 2.24) is 20.1 Å². The molecule has 0 bridgehead atoms. The van der Waals surface area contributed by atoms with Crippen molar-refractivity contribution in [2.24, 2.45) is 5.73 Å². The lowest BCUT2D eigenvalue weighted by atomic mass is 10.0. The fraction of sp³-hybridized carbons (Fsp3) is 0.400. The highest BCUT2D eigenvalue weighted by Gasteiger charge is 2.22. The lowest BCUT2D eigenvalue weighted by Gasteiger charge is -2.26. The van der Waals surface area contributed by atoms with Gasteiger partial charge in [-0.15, -0.1) is 0 Å². The van der Waals surface area contributed by atoms with E-state index in [0.29, 0.717) is 36.6 Å². The highest BCUT2D eigenvalue weighted by Crippen LogP contribution is 2.33. The molecule has 2 N–H and O–H groups in total. The number of hydrogen-bond acceptors (Lipinski definition) is 8. The molecule has 1 aliphatic heterocycles. The Kier molecular flexibility index (Phi) is 4.29. The van der Waals surface area contributed by atoms with Crippen LogP contribution in [0, 0.1) is 6.92 Å². The van der Waals surface area contributed by atoms with Gasteiger partial charge >= 0.3 is 0 Å². The molecule has 2 aliphatic rings. The zero-order valence-corrected chi connectivity index (χ0v) is 15.8. The van der Waals surface area contributed by atoms with Crippen LogP contribution in [0.2, 0.25) is 0 Å². The standard InChI is InChI=1S/C20H22N6O2/c1-12-11-22-20(26-6-8-27-9-7-26)23-17(12)19-24-18(25-28-19)14-3-2-13-4-5-16(21)15(13)10-14/h2-3,10-11,16H,4-9,21H2,1H3. The zero-order valence-electron chi connectivity index (χ0n) is 15.8. The summed E-state index contributed by atoms with van der Waals surface area (Å²) in [5.74, 6) is 1.60. The van der Waals surface area contributed by atoms with E-state index in [1.54, 1.807) is 6.20 Å². The van der Waals surface area contributed by atoms with Gasteiger partial charge in [0.05, 0.1) is 13.2 Å². The summed E-state index contributed by atoms with van der Waals surface area (Å²) < 4.78 is 11.0. The number of morpholine rings is 1. The van der Waals surface area contributed by atoms with E-state index in [9.17, 15) is 0 Å². The Bertz CT molecular complexity index is 1010. The van der Waals surface area contributed by atoms with E-state index < -0.39 is 0 Å². The summed E-state index contributed by atoms with van der Waals surface area (Å²) in [5, 5.41) is 4.18. The van der Waals surface area contributed by atoms with Gasteiger partial charge in [-0.1, -0.05) is 17.3 Å². The lowest BCUT2D eigenvalue weighted by Crippen LogP contribution is -2.37. The first-order valence-electron chi connectivity index (χ1n) is 9.58. The third kappa shape index (κ3) is 3.04. The molecular weight excluding hydrogens is 356 g/mol. The van der Waals surface area contributed by atoms with Crippen molar-refractivity contribution in [2.45, 2.75) is 25.8 Å². The van der Waals surface area contributed by atoms with E-state index in [4.69, 9.17) is 15.0 Å². The number of anilines is 1. The molecule has 8 heteroatoms. The third-order valence-corrected chi connectivity index (χ3v) is 5.41. The Morgan fingerprint density at radius 3 is 2.89 bits per heavy atom. The van der Waals surface area contributed by atoms with Crippen LogP contribution < -0.4 is 10.6 Å². The second kappa shape index (κ2) is 6.96. The molecule has 8 nitrogen and oxygen atoms in total. The summed E-state index contributed by atoms with van der Waals surface area (Å²) in [6, 6.07) is 6.30. The van der Waals surface area contributed by atoms with Gasteiger partial charge in [0.1, 0.15) is 5.69 Å². The number of ether oxygens (including phenoxy) is 1. The van der Waals surface area contributed by atoms with Gasteiger partial charge in [0.2, 0.25) is 11.8 Å². The average molecular weight is 378 g/mol. The second-order valence-electron chi connectivity index (χ2n) is 7.28. The molecule has 2 aromatic heterocycles. The van der Waals surface area contributed by atoms with Crippen molar-refractivity contribution in [3.63, 3.8) is 0 Å². The molecule has 0 amide bonds. The number of benzene rings is 1. The van der Waals surface area contributed by atoms with Crippen LogP contribution in [0.3, 0.4) is 0 Å². The monoisotopic (exact) mass is 378 g/mol. The predicted octanol–water partition coefficient (Wildman–Crippen LogP) is 2.28.